The van der Waals surface area contributed by atoms with Crippen molar-refractivity contribution in [1.29, 1.82) is 5.26 Å². The van der Waals surface area contributed by atoms with E-state index in [0.29, 0.717) is 51.4 Å². The molecule has 4 aliphatic heterocycles. The van der Waals surface area contributed by atoms with Gasteiger partial charge in [0.1, 0.15) is 12.4 Å². The predicted octanol–water partition coefficient (Wildman–Crippen LogP) is 3.22. The molecule has 224 valence electrons. The molecule has 1 amide bonds. The van der Waals surface area contributed by atoms with Crippen molar-refractivity contribution in [3.63, 3.8) is 0 Å². The monoisotopic (exact) mass is 600 g/mol. The van der Waals surface area contributed by atoms with Crippen LogP contribution in [0.25, 0.3) is 10.8 Å². The number of amides is 1. The van der Waals surface area contributed by atoms with Crippen molar-refractivity contribution in [2.24, 2.45) is 0 Å². The average Bonchev–Trinajstić information content (AvgIpc) is 3.80. The molecule has 3 aromatic rings. The van der Waals surface area contributed by atoms with E-state index in [1.165, 1.54) is 6.42 Å². The van der Waals surface area contributed by atoms with Gasteiger partial charge < -0.3 is 29.7 Å². The third-order valence-corrected chi connectivity index (χ3v) is 9.69. The molecular weight excluding hydrogens is 564 g/mol. The number of nitrogens with zero attached hydrogens (tertiary/aromatic N) is 7. The summed E-state index contributed by atoms with van der Waals surface area (Å²) in [6.45, 7) is 5.52. The van der Waals surface area contributed by atoms with Crippen LogP contribution in [0.5, 0.6) is 6.01 Å². The molecule has 0 radical (unpaired) electrons. The highest BCUT2D eigenvalue weighted by Crippen LogP contribution is 2.37. The summed E-state index contributed by atoms with van der Waals surface area (Å²) in [6, 6.07) is 15.1. The Morgan fingerprint density at radius 1 is 1.12 bits per heavy atom. The molecule has 0 saturated carbocycles. The minimum Gasteiger partial charge on any atom is -0.462 e. The van der Waals surface area contributed by atoms with E-state index in [9.17, 15) is 10.1 Å². The number of ether oxygens (including phenoxy) is 1. The molecule has 1 aromatic heterocycles. The molecule has 1 N–H and O–H groups in total. The minimum atomic E-state index is -0.186. The number of benzene rings is 2. The summed E-state index contributed by atoms with van der Waals surface area (Å²) < 4.78 is 6.31. The quantitative estimate of drug-likeness (QED) is 0.409. The van der Waals surface area contributed by atoms with E-state index in [1.54, 1.807) is 0 Å². The molecule has 0 aliphatic carbocycles. The highest BCUT2D eigenvalue weighted by molar-refractivity contribution is 6.36. The first-order valence-corrected chi connectivity index (χ1v) is 15.7. The average molecular weight is 601 g/mol. The van der Waals surface area contributed by atoms with Crippen LogP contribution in [0.4, 0.5) is 11.5 Å². The van der Waals surface area contributed by atoms with Crippen molar-refractivity contribution in [3.8, 4) is 12.1 Å². The molecule has 0 spiro atoms. The van der Waals surface area contributed by atoms with Crippen molar-refractivity contribution < 1.29 is 9.53 Å². The Morgan fingerprint density at radius 2 is 1.95 bits per heavy atom. The molecule has 11 heteroatoms. The SMILES string of the molecule is CN1CCC[C@H]1COc1nc2c(c(N3CCN(C(=O)[C@H]4CN4)[C@@H](CC#N)C3)n1)CCN(c1cccc3cccc(Cl)c13)C2. The summed E-state index contributed by atoms with van der Waals surface area (Å²) in [5.41, 5.74) is 3.17. The van der Waals surface area contributed by atoms with Crippen LogP contribution < -0.4 is 19.9 Å². The van der Waals surface area contributed by atoms with Crippen molar-refractivity contribution in [2.75, 3.05) is 62.7 Å². The Morgan fingerprint density at radius 3 is 2.72 bits per heavy atom. The zero-order chi connectivity index (χ0) is 29.5. The Balaban J connectivity index is 1.21. The van der Waals surface area contributed by atoms with Gasteiger partial charge in [-0.05, 0) is 50.4 Å². The van der Waals surface area contributed by atoms with Crippen LogP contribution in [0.2, 0.25) is 5.02 Å². The van der Waals surface area contributed by atoms with Gasteiger partial charge in [-0.1, -0.05) is 35.9 Å². The lowest BCUT2D eigenvalue weighted by Crippen LogP contribution is -2.57. The molecule has 7 rings (SSSR count). The van der Waals surface area contributed by atoms with Crippen LogP contribution in [0, 0.1) is 11.3 Å². The number of halogens is 1. The Bertz CT molecular complexity index is 1570. The number of carbonyl (C=O) groups is 1. The van der Waals surface area contributed by atoms with Crippen LogP contribution in [0.3, 0.4) is 0 Å². The summed E-state index contributed by atoms with van der Waals surface area (Å²) in [6.07, 6.45) is 3.33. The number of anilines is 2. The molecule has 0 bridgehead atoms. The standard InChI is InChI=1S/C32H37ClN8O2/c1-38-13-4-7-23(38)20-43-32-36-27-19-39(28-9-3-6-21-5-2-8-25(33)29(21)28)14-11-24(27)30(37-32)40-15-16-41(22(18-40)10-12-34)31(42)26-17-35-26/h2-3,5-6,8-9,22-23,26,35H,4,7,10-11,13-20H2,1H3/t22-,23-,26+/m0/s1. The normalized spacial score (nSPS) is 23.7. The highest BCUT2D eigenvalue weighted by Gasteiger charge is 2.39. The number of carbonyl (C=O) groups excluding carboxylic acids is 1. The van der Waals surface area contributed by atoms with E-state index in [4.69, 9.17) is 26.3 Å². The molecule has 5 heterocycles. The van der Waals surface area contributed by atoms with Gasteiger partial charge in [0.15, 0.2) is 0 Å². The largest absolute Gasteiger partial charge is 0.462 e. The van der Waals surface area contributed by atoms with Crippen LogP contribution in [0.15, 0.2) is 36.4 Å². The van der Waals surface area contributed by atoms with Crippen molar-refractivity contribution in [2.45, 2.75) is 50.4 Å². The molecule has 0 unspecified atom stereocenters. The van der Waals surface area contributed by atoms with E-state index in [1.807, 2.05) is 17.0 Å². The number of likely N-dealkylation sites (tertiary alicyclic amines) is 1. The Kier molecular flexibility index (Phi) is 7.72. The van der Waals surface area contributed by atoms with Gasteiger partial charge in [-0.25, -0.2) is 0 Å². The number of nitrogens with one attached hydrogen (secondary N) is 1. The fourth-order valence-corrected chi connectivity index (χ4v) is 7.15. The van der Waals surface area contributed by atoms with Gasteiger partial charge in [0.2, 0.25) is 5.91 Å². The number of rotatable bonds is 7. The molecule has 3 saturated heterocycles. The minimum absolute atomic E-state index is 0.0960. The highest BCUT2D eigenvalue weighted by atomic mass is 35.5. The van der Waals surface area contributed by atoms with E-state index >= 15 is 0 Å². The lowest BCUT2D eigenvalue weighted by molar-refractivity contribution is -0.133. The lowest BCUT2D eigenvalue weighted by atomic mass is 10.0. The van der Waals surface area contributed by atoms with Gasteiger partial charge in [-0.15, -0.1) is 0 Å². The molecular formula is C32H37ClN8O2. The van der Waals surface area contributed by atoms with Gasteiger partial charge >= 0.3 is 6.01 Å². The zero-order valence-electron chi connectivity index (χ0n) is 24.5. The van der Waals surface area contributed by atoms with Crippen molar-refractivity contribution >= 4 is 39.8 Å². The number of fused-ring (bicyclic) bond motifs is 2. The summed E-state index contributed by atoms with van der Waals surface area (Å²) in [5.74, 6) is 0.966. The van der Waals surface area contributed by atoms with Gasteiger partial charge in [-0.2, -0.15) is 15.2 Å². The predicted molar refractivity (Wildman–Crippen MR) is 167 cm³/mol. The van der Waals surface area contributed by atoms with Gasteiger partial charge in [-0.3, -0.25) is 4.79 Å². The second kappa shape index (κ2) is 11.8. The van der Waals surface area contributed by atoms with Crippen LogP contribution in [-0.4, -0.2) is 96.7 Å². The maximum Gasteiger partial charge on any atom is 0.318 e. The van der Waals surface area contributed by atoms with Crippen molar-refractivity contribution in [3.05, 3.63) is 52.7 Å². The molecule has 10 nitrogen and oxygen atoms in total. The molecule has 2 aromatic carbocycles. The first kappa shape index (κ1) is 28.1. The van der Waals surface area contributed by atoms with E-state index < -0.39 is 0 Å². The summed E-state index contributed by atoms with van der Waals surface area (Å²) in [5, 5.41) is 15.6. The zero-order valence-corrected chi connectivity index (χ0v) is 25.3. The van der Waals surface area contributed by atoms with Gasteiger partial charge in [0.25, 0.3) is 0 Å². The topological polar surface area (TPSA) is 111 Å². The molecule has 3 fully saturated rings. The van der Waals surface area contributed by atoms with Crippen LogP contribution >= 0.6 is 11.6 Å². The number of aromatic nitrogens is 2. The lowest BCUT2D eigenvalue weighted by Gasteiger charge is -2.42. The van der Waals surface area contributed by atoms with Crippen molar-refractivity contribution in [1.82, 2.24) is 25.1 Å². The second-order valence-electron chi connectivity index (χ2n) is 12.1. The van der Waals surface area contributed by atoms with E-state index in [-0.39, 0.29) is 24.4 Å². The number of hydrogen-bond donors (Lipinski definition) is 1. The van der Waals surface area contributed by atoms with Gasteiger partial charge in [0, 0.05) is 55.4 Å². The molecule has 4 aliphatic rings. The summed E-state index contributed by atoms with van der Waals surface area (Å²) in [7, 11) is 2.14. The van der Waals surface area contributed by atoms with E-state index in [2.05, 4.69) is 57.4 Å². The Labute approximate surface area is 257 Å². The summed E-state index contributed by atoms with van der Waals surface area (Å²) in [4.78, 5) is 31.8. The van der Waals surface area contributed by atoms with Gasteiger partial charge in [0.05, 0.1) is 41.8 Å². The second-order valence-corrected chi connectivity index (χ2v) is 12.5. The Hall–Kier alpha value is -3.65. The molecule has 3 atom stereocenters. The smallest absolute Gasteiger partial charge is 0.318 e. The van der Waals surface area contributed by atoms with E-state index in [0.717, 1.165) is 64.5 Å². The fraction of sp³-hybridized carbons (Fsp3) is 0.500. The molecule has 43 heavy (non-hydrogen) atoms. The first-order valence-electron chi connectivity index (χ1n) is 15.3. The summed E-state index contributed by atoms with van der Waals surface area (Å²) >= 11 is 6.71. The van der Waals surface area contributed by atoms with Crippen LogP contribution in [0.1, 0.15) is 30.5 Å². The third-order valence-electron chi connectivity index (χ3n) is 9.37. The number of likely N-dealkylation sites (N-methyl/N-ethyl adjacent to an activating group) is 1. The number of piperazine rings is 1. The number of nitriles is 1. The maximum absolute atomic E-state index is 13.0. The fourth-order valence-electron chi connectivity index (χ4n) is 6.87. The maximum atomic E-state index is 13.0. The number of hydrogen-bond acceptors (Lipinski definition) is 9. The van der Waals surface area contributed by atoms with Crippen LogP contribution in [-0.2, 0) is 17.8 Å². The first-order chi connectivity index (χ1) is 21.0. The third kappa shape index (κ3) is 5.57.